The molecule has 2 aromatic heterocycles. The van der Waals surface area contributed by atoms with Gasteiger partial charge in [0.05, 0.1) is 28.3 Å². The average Bonchev–Trinajstić information content (AvgIpc) is 3.13. The number of carbonyl (C=O) groups excluding carboxylic acids is 1. The smallest absolute Gasteiger partial charge is 0.261 e. The zero-order valence-corrected chi connectivity index (χ0v) is 14.2. The number of H-pyrrole nitrogens is 1. The van der Waals surface area contributed by atoms with Crippen molar-refractivity contribution in [1.29, 1.82) is 0 Å². The Hall–Kier alpha value is -3.48. The van der Waals surface area contributed by atoms with Gasteiger partial charge in [0, 0.05) is 25.6 Å². The lowest BCUT2D eigenvalue weighted by molar-refractivity contribution is 0.0954. The number of hydrogen-bond acceptors (Lipinski definition) is 4. The Balaban J connectivity index is 1.49. The van der Waals surface area contributed by atoms with Crippen molar-refractivity contribution < 1.29 is 4.79 Å². The fourth-order valence-corrected chi connectivity index (χ4v) is 2.95. The number of fused-ring (bicyclic) bond motifs is 2. The molecule has 0 aliphatic carbocycles. The highest BCUT2D eigenvalue weighted by atomic mass is 16.1. The Kier molecular flexibility index (Phi) is 3.96. The van der Waals surface area contributed by atoms with Gasteiger partial charge in [0.25, 0.3) is 11.5 Å². The lowest BCUT2D eigenvalue weighted by atomic mass is 10.2. The van der Waals surface area contributed by atoms with E-state index in [4.69, 9.17) is 0 Å². The normalized spacial score (nSPS) is 11.1. The number of aromatic amines is 1. The molecule has 0 saturated heterocycles. The Bertz CT molecular complexity index is 1180. The molecule has 0 unspecified atom stereocenters. The molecule has 0 spiro atoms. The molecule has 0 aliphatic rings. The first-order valence-corrected chi connectivity index (χ1v) is 8.29. The number of carbonyl (C=O) groups is 1. The molecule has 7 nitrogen and oxygen atoms in total. The molecule has 0 saturated carbocycles. The lowest BCUT2D eigenvalue weighted by Gasteiger charge is -2.10. The van der Waals surface area contributed by atoms with Gasteiger partial charge in [0.15, 0.2) is 0 Å². The maximum atomic E-state index is 12.4. The molecule has 0 atom stereocenters. The summed E-state index contributed by atoms with van der Waals surface area (Å²) in [5, 5.41) is 3.46. The van der Waals surface area contributed by atoms with Crippen LogP contribution in [-0.4, -0.2) is 32.0 Å². The van der Waals surface area contributed by atoms with Crippen molar-refractivity contribution in [2.45, 2.75) is 6.42 Å². The van der Waals surface area contributed by atoms with Gasteiger partial charge in [-0.2, -0.15) is 0 Å². The van der Waals surface area contributed by atoms with Crippen LogP contribution in [-0.2, 0) is 13.5 Å². The fourth-order valence-electron chi connectivity index (χ4n) is 2.95. The van der Waals surface area contributed by atoms with Crippen molar-refractivity contribution in [3.05, 3.63) is 70.5 Å². The quantitative estimate of drug-likeness (QED) is 0.588. The van der Waals surface area contributed by atoms with Crippen LogP contribution in [0.4, 0.5) is 0 Å². The van der Waals surface area contributed by atoms with Gasteiger partial charge in [-0.25, -0.2) is 9.97 Å². The molecular weight excluding hydrogens is 330 g/mol. The summed E-state index contributed by atoms with van der Waals surface area (Å²) in [4.78, 5) is 36.4. The van der Waals surface area contributed by atoms with Crippen molar-refractivity contribution in [2.75, 3.05) is 6.54 Å². The number of imidazole rings is 1. The van der Waals surface area contributed by atoms with Crippen LogP contribution in [0.25, 0.3) is 21.9 Å². The maximum absolute atomic E-state index is 12.4. The van der Waals surface area contributed by atoms with E-state index < -0.39 is 0 Å². The number of nitrogens with one attached hydrogen (secondary N) is 2. The highest BCUT2D eigenvalue weighted by molar-refractivity contribution is 5.97. The van der Waals surface area contributed by atoms with Gasteiger partial charge in [0.2, 0.25) is 0 Å². The number of benzene rings is 2. The molecule has 4 rings (SSSR count). The van der Waals surface area contributed by atoms with E-state index in [0.29, 0.717) is 35.3 Å². The Morgan fingerprint density at radius 1 is 1.19 bits per heavy atom. The van der Waals surface area contributed by atoms with E-state index in [2.05, 4.69) is 20.3 Å². The summed E-state index contributed by atoms with van der Waals surface area (Å²) in [6.45, 7) is 0.387. The topological polar surface area (TPSA) is 92.7 Å². The van der Waals surface area contributed by atoms with Gasteiger partial charge in [-0.3, -0.25) is 14.2 Å². The third kappa shape index (κ3) is 2.83. The maximum Gasteiger partial charge on any atom is 0.261 e. The molecule has 2 aromatic carbocycles. The minimum atomic E-state index is -0.174. The molecule has 26 heavy (non-hydrogen) atoms. The number of rotatable bonds is 4. The SMILES string of the molecule is Cn1c(CCNC(=O)c2ccc3nc[nH]c3c2)nc2ccccc2c1=O. The Morgan fingerprint density at radius 2 is 2.04 bits per heavy atom. The zero-order valence-electron chi connectivity index (χ0n) is 14.2. The van der Waals surface area contributed by atoms with Gasteiger partial charge in [-0.15, -0.1) is 0 Å². The molecule has 0 fully saturated rings. The standard InChI is InChI=1S/C19H17N5O2/c1-24-17(23-14-5-3-2-4-13(14)19(24)26)8-9-20-18(25)12-6-7-15-16(10-12)22-11-21-15/h2-7,10-11H,8-9H2,1H3,(H,20,25)(H,21,22). The highest BCUT2D eigenvalue weighted by Gasteiger charge is 2.10. The summed E-state index contributed by atoms with van der Waals surface area (Å²) in [5.41, 5.74) is 2.78. The van der Waals surface area contributed by atoms with Crippen LogP contribution in [0.1, 0.15) is 16.2 Å². The number of amides is 1. The molecule has 130 valence electrons. The number of para-hydroxylation sites is 1. The minimum Gasteiger partial charge on any atom is -0.352 e. The van der Waals surface area contributed by atoms with Crippen molar-refractivity contribution in [1.82, 2.24) is 24.8 Å². The molecular formula is C19H17N5O2. The van der Waals surface area contributed by atoms with Gasteiger partial charge < -0.3 is 10.3 Å². The number of nitrogens with zero attached hydrogens (tertiary/aromatic N) is 3. The predicted molar refractivity (Wildman–Crippen MR) is 99.1 cm³/mol. The van der Waals surface area contributed by atoms with E-state index in [1.54, 1.807) is 37.6 Å². The lowest BCUT2D eigenvalue weighted by Crippen LogP contribution is -2.29. The van der Waals surface area contributed by atoms with Crippen LogP contribution in [0.2, 0.25) is 0 Å². The van der Waals surface area contributed by atoms with Crippen molar-refractivity contribution in [3.8, 4) is 0 Å². The predicted octanol–water partition coefficient (Wildman–Crippen LogP) is 1.78. The van der Waals surface area contributed by atoms with Crippen molar-refractivity contribution >= 4 is 27.8 Å². The number of hydrogen-bond donors (Lipinski definition) is 2. The van der Waals surface area contributed by atoms with Crippen molar-refractivity contribution in [2.24, 2.45) is 7.05 Å². The van der Waals surface area contributed by atoms with E-state index in [1.807, 2.05) is 18.2 Å². The summed E-state index contributed by atoms with van der Waals surface area (Å²) in [6.07, 6.45) is 2.06. The van der Waals surface area contributed by atoms with Crippen LogP contribution < -0.4 is 10.9 Å². The van der Waals surface area contributed by atoms with E-state index in [1.165, 1.54) is 4.57 Å². The molecule has 4 aromatic rings. The highest BCUT2D eigenvalue weighted by Crippen LogP contribution is 2.11. The van der Waals surface area contributed by atoms with E-state index >= 15 is 0 Å². The van der Waals surface area contributed by atoms with Gasteiger partial charge in [0.1, 0.15) is 5.82 Å². The summed E-state index contributed by atoms with van der Waals surface area (Å²) in [6, 6.07) is 12.6. The van der Waals surface area contributed by atoms with Gasteiger partial charge in [-0.05, 0) is 30.3 Å². The van der Waals surface area contributed by atoms with E-state index in [0.717, 1.165) is 11.0 Å². The van der Waals surface area contributed by atoms with Crippen LogP contribution in [0, 0.1) is 0 Å². The second-order valence-corrected chi connectivity index (χ2v) is 6.05. The third-order valence-corrected chi connectivity index (χ3v) is 4.39. The van der Waals surface area contributed by atoms with Crippen molar-refractivity contribution in [3.63, 3.8) is 0 Å². The first-order valence-electron chi connectivity index (χ1n) is 8.29. The third-order valence-electron chi connectivity index (χ3n) is 4.39. The first-order chi connectivity index (χ1) is 12.6. The van der Waals surface area contributed by atoms with Crippen LogP contribution in [0.5, 0.6) is 0 Å². The molecule has 7 heteroatoms. The molecule has 0 aliphatic heterocycles. The zero-order chi connectivity index (χ0) is 18.1. The molecule has 2 heterocycles. The Morgan fingerprint density at radius 3 is 2.92 bits per heavy atom. The Labute approximate surface area is 148 Å². The summed E-state index contributed by atoms with van der Waals surface area (Å²) in [5.74, 6) is 0.463. The van der Waals surface area contributed by atoms with Gasteiger partial charge >= 0.3 is 0 Å². The average molecular weight is 347 g/mol. The van der Waals surface area contributed by atoms with Crippen LogP contribution >= 0.6 is 0 Å². The molecule has 1 amide bonds. The molecule has 2 N–H and O–H groups in total. The van der Waals surface area contributed by atoms with Crippen LogP contribution in [0.3, 0.4) is 0 Å². The second-order valence-electron chi connectivity index (χ2n) is 6.05. The monoisotopic (exact) mass is 347 g/mol. The van der Waals surface area contributed by atoms with Gasteiger partial charge in [-0.1, -0.05) is 12.1 Å². The first kappa shape index (κ1) is 16.0. The fraction of sp³-hybridized carbons (Fsp3) is 0.158. The van der Waals surface area contributed by atoms with Crippen LogP contribution in [0.15, 0.2) is 53.6 Å². The number of aromatic nitrogens is 4. The van der Waals surface area contributed by atoms with E-state index in [9.17, 15) is 9.59 Å². The molecule has 0 bridgehead atoms. The minimum absolute atomic E-state index is 0.0818. The molecule has 0 radical (unpaired) electrons. The van der Waals surface area contributed by atoms with E-state index in [-0.39, 0.29) is 11.5 Å². The second kappa shape index (κ2) is 6.44. The summed E-state index contributed by atoms with van der Waals surface area (Å²) < 4.78 is 1.53. The largest absolute Gasteiger partial charge is 0.352 e. The summed E-state index contributed by atoms with van der Waals surface area (Å²) in [7, 11) is 1.70. The summed E-state index contributed by atoms with van der Waals surface area (Å²) >= 11 is 0.